The average molecular weight is 240 g/mol. The summed E-state index contributed by atoms with van der Waals surface area (Å²) in [5, 5.41) is 3.46. The minimum Gasteiger partial charge on any atom is -0.453 e. The van der Waals surface area contributed by atoms with Crippen LogP contribution < -0.4 is 5.32 Å². The molecule has 1 atom stereocenters. The van der Waals surface area contributed by atoms with Crippen LogP contribution in [0.15, 0.2) is 41.0 Å². The molecule has 1 aromatic heterocycles. The third kappa shape index (κ3) is 2.10. The van der Waals surface area contributed by atoms with Crippen LogP contribution in [-0.2, 0) is 0 Å². The molecule has 1 unspecified atom stereocenters. The van der Waals surface area contributed by atoms with E-state index in [1.807, 2.05) is 7.05 Å². The van der Waals surface area contributed by atoms with Crippen LogP contribution >= 0.6 is 11.6 Å². The Bertz CT molecular complexity index is 466. The summed E-state index contributed by atoms with van der Waals surface area (Å²) >= 11 is 5.91. The quantitative estimate of drug-likeness (QED) is 0.888. The molecule has 84 valence electrons. The zero-order chi connectivity index (χ0) is 11.5. The van der Waals surface area contributed by atoms with Crippen molar-refractivity contribution in [3.8, 4) is 0 Å². The van der Waals surface area contributed by atoms with Crippen molar-refractivity contribution in [3.63, 3.8) is 0 Å². The van der Waals surface area contributed by atoms with Crippen LogP contribution in [0.5, 0.6) is 0 Å². The first-order valence-corrected chi connectivity index (χ1v) is 5.26. The van der Waals surface area contributed by atoms with Crippen LogP contribution in [0.1, 0.15) is 17.2 Å². The van der Waals surface area contributed by atoms with E-state index in [1.165, 1.54) is 18.4 Å². The molecule has 0 bridgehead atoms. The molecule has 2 nitrogen and oxygen atoms in total. The van der Waals surface area contributed by atoms with Gasteiger partial charge in [0.15, 0.2) is 5.22 Å². The van der Waals surface area contributed by atoms with E-state index in [1.54, 1.807) is 18.2 Å². The highest BCUT2D eigenvalue weighted by molar-refractivity contribution is 6.29. The van der Waals surface area contributed by atoms with Gasteiger partial charge in [-0.3, -0.25) is 0 Å². The van der Waals surface area contributed by atoms with Crippen molar-refractivity contribution in [2.45, 2.75) is 6.04 Å². The first-order chi connectivity index (χ1) is 7.72. The Morgan fingerprint density at radius 1 is 1.25 bits per heavy atom. The monoisotopic (exact) mass is 239 g/mol. The second kappa shape index (κ2) is 4.68. The Hall–Kier alpha value is -1.32. The van der Waals surface area contributed by atoms with Gasteiger partial charge in [-0.25, -0.2) is 4.39 Å². The Kier molecular flexibility index (Phi) is 3.27. The highest BCUT2D eigenvalue weighted by Gasteiger charge is 2.16. The fourth-order valence-corrected chi connectivity index (χ4v) is 1.89. The van der Waals surface area contributed by atoms with Gasteiger partial charge in [0.05, 0.1) is 12.3 Å². The van der Waals surface area contributed by atoms with Crippen LogP contribution in [0.4, 0.5) is 4.39 Å². The molecule has 0 aliphatic rings. The minimum atomic E-state index is -0.253. The van der Waals surface area contributed by atoms with Gasteiger partial charge in [0, 0.05) is 5.56 Å². The lowest BCUT2D eigenvalue weighted by Crippen LogP contribution is -2.17. The molecule has 0 saturated heterocycles. The van der Waals surface area contributed by atoms with Gasteiger partial charge in [0.2, 0.25) is 0 Å². The lowest BCUT2D eigenvalue weighted by atomic mass is 10.0. The highest BCUT2D eigenvalue weighted by Crippen LogP contribution is 2.28. The molecule has 0 saturated carbocycles. The number of hydrogen-bond acceptors (Lipinski definition) is 2. The van der Waals surface area contributed by atoms with Crippen molar-refractivity contribution in [1.29, 1.82) is 0 Å². The van der Waals surface area contributed by atoms with Crippen LogP contribution in [0, 0.1) is 5.82 Å². The van der Waals surface area contributed by atoms with Gasteiger partial charge in [-0.2, -0.15) is 0 Å². The second-order valence-corrected chi connectivity index (χ2v) is 3.77. The summed E-state index contributed by atoms with van der Waals surface area (Å²) in [4.78, 5) is 0. The number of rotatable bonds is 3. The van der Waals surface area contributed by atoms with Crippen LogP contribution in [0.2, 0.25) is 5.22 Å². The van der Waals surface area contributed by atoms with Gasteiger partial charge in [-0.1, -0.05) is 12.1 Å². The maximum atomic E-state index is 12.8. The summed E-state index contributed by atoms with van der Waals surface area (Å²) in [7, 11) is 1.82. The number of hydrogen-bond donors (Lipinski definition) is 1. The maximum absolute atomic E-state index is 12.8. The molecule has 4 heteroatoms. The number of halogens is 2. The zero-order valence-electron chi connectivity index (χ0n) is 8.71. The number of benzene rings is 1. The van der Waals surface area contributed by atoms with E-state index in [2.05, 4.69) is 5.32 Å². The summed E-state index contributed by atoms with van der Waals surface area (Å²) < 4.78 is 17.9. The first-order valence-electron chi connectivity index (χ1n) is 4.88. The Balaban J connectivity index is 2.37. The third-order valence-electron chi connectivity index (χ3n) is 2.45. The summed E-state index contributed by atoms with van der Waals surface area (Å²) in [5.74, 6) is -0.253. The van der Waals surface area contributed by atoms with Crippen molar-refractivity contribution in [3.05, 3.63) is 58.8 Å². The topological polar surface area (TPSA) is 25.2 Å². The normalized spacial score (nSPS) is 12.7. The SMILES string of the molecule is CNC(c1ccc(F)cc1)c1ccoc1Cl. The van der Waals surface area contributed by atoms with E-state index in [4.69, 9.17) is 16.0 Å². The van der Waals surface area contributed by atoms with E-state index in [9.17, 15) is 4.39 Å². The molecular formula is C12H11ClFNO. The standard InChI is InChI=1S/C12H11ClFNO/c1-15-11(10-6-7-16-12(10)13)8-2-4-9(14)5-3-8/h2-7,11,15H,1H3. The highest BCUT2D eigenvalue weighted by atomic mass is 35.5. The summed E-state index contributed by atoms with van der Waals surface area (Å²) in [5.41, 5.74) is 1.78. The van der Waals surface area contributed by atoms with E-state index < -0.39 is 0 Å². The van der Waals surface area contributed by atoms with Gasteiger partial charge in [-0.05, 0) is 42.4 Å². The number of furan rings is 1. The summed E-state index contributed by atoms with van der Waals surface area (Å²) in [6.45, 7) is 0. The number of nitrogens with one attached hydrogen (secondary N) is 1. The summed E-state index contributed by atoms with van der Waals surface area (Å²) in [6.07, 6.45) is 1.53. The van der Waals surface area contributed by atoms with Gasteiger partial charge >= 0.3 is 0 Å². The van der Waals surface area contributed by atoms with Crippen molar-refractivity contribution < 1.29 is 8.81 Å². The maximum Gasteiger partial charge on any atom is 0.198 e. The lowest BCUT2D eigenvalue weighted by Gasteiger charge is -2.15. The van der Waals surface area contributed by atoms with E-state index in [0.717, 1.165) is 11.1 Å². The zero-order valence-corrected chi connectivity index (χ0v) is 9.46. The molecule has 16 heavy (non-hydrogen) atoms. The fourth-order valence-electron chi connectivity index (χ4n) is 1.67. The molecule has 0 aliphatic heterocycles. The molecule has 1 aromatic carbocycles. The van der Waals surface area contributed by atoms with Crippen LogP contribution in [-0.4, -0.2) is 7.05 Å². The minimum absolute atomic E-state index is 0.0909. The molecule has 1 N–H and O–H groups in total. The molecule has 2 aromatic rings. The largest absolute Gasteiger partial charge is 0.453 e. The third-order valence-corrected chi connectivity index (χ3v) is 2.76. The Morgan fingerprint density at radius 2 is 1.94 bits per heavy atom. The van der Waals surface area contributed by atoms with Crippen molar-refractivity contribution in [2.75, 3.05) is 7.05 Å². The fraction of sp³-hybridized carbons (Fsp3) is 0.167. The Labute approximate surface area is 98.0 Å². The second-order valence-electron chi connectivity index (χ2n) is 3.42. The smallest absolute Gasteiger partial charge is 0.198 e. The van der Waals surface area contributed by atoms with Gasteiger partial charge in [0.1, 0.15) is 5.82 Å². The molecular weight excluding hydrogens is 229 g/mol. The van der Waals surface area contributed by atoms with E-state index in [0.29, 0.717) is 5.22 Å². The average Bonchev–Trinajstić information content (AvgIpc) is 2.69. The molecule has 0 aliphatic carbocycles. The molecule has 2 rings (SSSR count). The molecule has 1 heterocycles. The van der Waals surface area contributed by atoms with Gasteiger partial charge in [0.25, 0.3) is 0 Å². The molecule has 0 amide bonds. The molecule has 0 spiro atoms. The van der Waals surface area contributed by atoms with Gasteiger partial charge < -0.3 is 9.73 Å². The molecule has 0 fully saturated rings. The van der Waals surface area contributed by atoms with Crippen LogP contribution in [0.3, 0.4) is 0 Å². The van der Waals surface area contributed by atoms with Crippen molar-refractivity contribution in [1.82, 2.24) is 5.32 Å². The van der Waals surface area contributed by atoms with Crippen molar-refractivity contribution >= 4 is 11.6 Å². The van der Waals surface area contributed by atoms with Crippen LogP contribution in [0.25, 0.3) is 0 Å². The summed E-state index contributed by atoms with van der Waals surface area (Å²) in [6, 6.07) is 8.00. The predicted molar refractivity (Wildman–Crippen MR) is 61.0 cm³/mol. The molecule has 0 radical (unpaired) electrons. The Morgan fingerprint density at radius 3 is 2.44 bits per heavy atom. The van der Waals surface area contributed by atoms with E-state index >= 15 is 0 Å². The van der Waals surface area contributed by atoms with Crippen molar-refractivity contribution in [2.24, 2.45) is 0 Å². The van der Waals surface area contributed by atoms with E-state index in [-0.39, 0.29) is 11.9 Å². The lowest BCUT2D eigenvalue weighted by molar-refractivity contribution is 0.559. The first kappa shape index (κ1) is 11.2. The predicted octanol–water partition coefficient (Wildman–Crippen LogP) is 3.38. The van der Waals surface area contributed by atoms with Gasteiger partial charge in [-0.15, -0.1) is 0 Å².